The Labute approximate surface area is 197 Å². The first kappa shape index (κ1) is 30.3. The highest BCUT2D eigenvalue weighted by Crippen LogP contribution is 2.09. The summed E-state index contributed by atoms with van der Waals surface area (Å²) in [6.07, 6.45) is 0.990. The lowest BCUT2D eigenvalue weighted by Crippen LogP contribution is -2.46. The standard InChI is InChI=1S/C22H42N4O7/c1-21(2,3)24-18(28)23-12-10-9-11-15-31-17(27)16-32-19(29)25(7)13-14-26(8)20(30)33-22(4,5)6/h9-16H2,1-8H3,(H2,23,24,28). The molecule has 0 spiro atoms. The molecule has 0 saturated carbocycles. The second kappa shape index (κ2) is 14.4. The number of likely N-dealkylation sites (N-methyl/N-ethyl adjacent to an activating group) is 2. The minimum absolute atomic E-state index is 0.209. The lowest BCUT2D eigenvalue weighted by molar-refractivity contribution is -0.147. The Balaban J connectivity index is 3.88. The van der Waals surface area contributed by atoms with E-state index in [4.69, 9.17) is 14.2 Å². The molecule has 0 unspecified atom stereocenters. The summed E-state index contributed by atoms with van der Waals surface area (Å²) in [5.74, 6) is -0.634. The molecular weight excluding hydrogens is 432 g/mol. The predicted octanol–water partition coefficient (Wildman–Crippen LogP) is 2.73. The maximum Gasteiger partial charge on any atom is 0.410 e. The van der Waals surface area contributed by atoms with Crippen LogP contribution >= 0.6 is 0 Å². The molecule has 0 aliphatic heterocycles. The molecule has 33 heavy (non-hydrogen) atoms. The lowest BCUT2D eigenvalue weighted by Gasteiger charge is -2.26. The van der Waals surface area contributed by atoms with Gasteiger partial charge in [0.05, 0.1) is 6.61 Å². The topological polar surface area (TPSA) is 127 Å². The molecule has 0 aromatic heterocycles. The van der Waals surface area contributed by atoms with Gasteiger partial charge in [-0.25, -0.2) is 19.2 Å². The van der Waals surface area contributed by atoms with E-state index in [9.17, 15) is 19.2 Å². The van der Waals surface area contributed by atoms with E-state index < -0.39 is 30.4 Å². The van der Waals surface area contributed by atoms with Crippen molar-refractivity contribution in [3.63, 3.8) is 0 Å². The molecule has 4 amide bonds. The molecule has 0 fully saturated rings. The second-order valence-electron chi connectivity index (χ2n) is 9.79. The number of urea groups is 1. The Bertz CT molecular complexity index is 642. The highest BCUT2D eigenvalue weighted by Gasteiger charge is 2.21. The van der Waals surface area contributed by atoms with Crippen molar-refractivity contribution in [3.8, 4) is 0 Å². The van der Waals surface area contributed by atoms with Gasteiger partial charge < -0.3 is 34.6 Å². The van der Waals surface area contributed by atoms with Crippen molar-refractivity contribution >= 4 is 24.2 Å². The minimum Gasteiger partial charge on any atom is -0.463 e. The van der Waals surface area contributed by atoms with Gasteiger partial charge in [-0.3, -0.25) is 0 Å². The van der Waals surface area contributed by atoms with Crippen molar-refractivity contribution in [2.75, 3.05) is 46.9 Å². The molecule has 0 heterocycles. The van der Waals surface area contributed by atoms with E-state index in [-0.39, 0.29) is 31.3 Å². The number of carbonyl (C=O) groups excluding carboxylic acids is 4. The van der Waals surface area contributed by atoms with Gasteiger partial charge in [-0.1, -0.05) is 0 Å². The highest BCUT2D eigenvalue weighted by atomic mass is 16.6. The number of hydrogen-bond acceptors (Lipinski definition) is 7. The molecular formula is C22H42N4O7. The number of unbranched alkanes of at least 4 members (excludes halogenated alkanes) is 2. The van der Waals surface area contributed by atoms with Crippen molar-refractivity contribution in [2.24, 2.45) is 0 Å². The average molecular weight is 475 g/mol. The van der Waals surface area contributed by atoms with E-state index in [1.165, 1.54) is 16.8 Å². The van der Waals surface area contributed by atoms with E-state index in [2.05, 4.69) is 10.6 Å². The maximum absolute atomic E-state index is 12.0. The van der Waals surface area contributed by atoms with Crippen molar-refractivity contribution in [1.82, 2.24) is 20.4 Å². The molecule has 11 nitrogen and oxygen atoms in total. The van der Waals surface area contributed by atoms with Gasteiger partial charge in [-0.05, 0) is 60.8 Å². The van der Waals surface area contributed by atoms with Gasteiger partial charge >= 0.3 is 24.2 Å². The number of nitrogens with one attached hydrogen (secondary N) is 2. The minimum atomic E-state index is -0.691. The molecule has 0 radical (unpaired) electrons. The Morgan fingerprint density at radius 1 is 0.788 bits per heavy atom. The summed E-state index contributed by atoms with van der Waals surface area (Å²) in [7, 11) is 3.08. The van der Waals surface area contributed by atoms with E-state index in [0.717, 1.165) is 12.8 Å². The fraction of sp³-hybridized carbons (Fsp3) is 0.818. The van der Waals surface area contributed by atoms with Crippen LogP contribution < -0.4 is 10.6 Å². The summed E-state index contributed by atoms with van der Waals surface area (Å²) < 4.78 is 15.2. The van der Waals surface area contributed by atoms with Gasteiger partial charge in [0.2, 0.25) is 0 Å². The van der Waals surface area contributed by atoms with E-state index in [0.29, 0.717) is 13.0 Å². The fourth-order valence-electron chi connectivity index (χ4n) is 2.27. The first-order valence-corrected chi connectivity index (χ1v) is 11.1. The van der Waals surface area contributed by atoms with Gasteiger partial charge in [0, 0.05) is 39.3 Å². The predicted molar refractivity (Wildman–Crippen MR) is 124 cm³/mol. The third-order valence-electron chi connectivity index (χ3n) is 3.96. The second-order valence-corrected chi connectivity index (χ2v) is 9.79. The molecule has 0 aliphatic carbocycles. The highest BCUT2D eigenvalue weighted by molar-refractivity contribution is 5.75. The Hall–Kier alpha value is -2.72. The largest absolute Gasteiger partial charge is 0.463 e. The summed E-state index contributed by atoms with van der Waals surface area (Å²) >= 11 is 0. The Morgan fingerprint density at radius 2 is 1.36 bits per heavy atom. The van der Waals surface area contributed by atoms with Crippen LogP contribution in [0.2, 0.25) is 0 Å². The van der Waals surface area contributed by atoms with Gasteiger partial charge in [0.25, 0.3) is 0 Å². The smallest absolute Gasteiger partial charge is 0.410 e. The van der Waals surface area contributed by atoms with Crippen LogP contribution in [0.5, 0.6) is 0 Å². The third kappa shape index (κ3) is 17.5. The number of hydrogen-bond donors (Lipinski definition) is 2. The van der Waals surface area contributed by atoms with Crippen LogP contribution in [0.4, 0.5) is 14.4 Å². The van der Waals surface area contributed by atoms with Crippen molar-refractivity contribution in [3.05, 3.63) is 0 Å². The normalized spacial score (nSPS) is 11.3. The summed E-state index contributed by atoms with van der Waals surface area (Å²) in [5.41, 5.74) is -0.886. The summed E-state index contributed by atoms with van der Waals surface area (Å²) in [6.45, 7) is 11.7. The Morgan fingerprint density at radius 3 is 1.91 bits per heavy atom. The molecule has 0 aliphatic rings. The van der Waals surface area contributed by atoms with Crippen LogP contribution in [0.3, 0.4) is 0 Å². The molecule has 2 N–H and O–H groups in total. The van der Waals surface area contributed by atoms with Gasteiger partial charge in [0.15, 0.2) is 6.61 Å². The quantitative estimate of drug-likeness (QED) is 0.268. The van der Waals surface area contributed by atoms with Crippen LogP contribution in [-0.2, 0) is 19.0 Å². The molecule has 0 bridgehead atoms. The van der Waals surface area contributed by atoms with Gasteiger partial charge in [0.1, 0.15) is 5.60 Å². The van der Waals surface area contributed by atoms with Gasteiger partial charge in [-0.15, -0.1) is 0 Å². The van der Waals surface area contributed by atoms with E-state index >= 15 is 0 Å². The zero-order valence-electron chi connectivity index (χ0n) is 21.4. The molecule has 0 aromatic carbocycles. The zero-order chi connectivity index (χ0) is 25.7. The van der Waals surface area contributed by atoms with Crippen molar-refractivity contribution in [2.45, 2.75) is 71.9 Å². The van der Waals surface area contributed by atoms with E-state index in [1.807, 2.05) is 20.8 Å². The summed E-state index contributed by atoms with van der Waals surface area (Å²) in [6, 6.07) is -0.211. The molecule has 192 valence electrons. The zero-order valence-corrected chi connectivity index (χ0v) is 21.4. The molecule has 0 saturated heterocycles. The lowest BCUT2D eigenvalue weighted by atomic mass is 10.1. The maximum atomic E-state index is 12.0. The summed E-state index contributed by atoms with van der Waals surface area (Å²) in [4.78, 5) is 49.8. The fourth-order valence-corrected chi connectivity index (χ4v) is 2.27. The number of ether oxygens (including phenoxy) is 3. The van der Waals surface area contributed by atoms with Crippen LogP contribution in [0, 0.1) is 0 Å². The molecule has 0 aromatic rings. The number of nitrogens with zero attached hydrogens (tertiary/aromatic N) is 2. The summed E-state index contributed by atoms with van der Waals surface area (Å²) in [5, 5.41) is 5.57. The van der Waals surface area contributed by atoms with Crippen LogP contribution in [0.25, 0.3) is 0 Å². The third-order valence-corrected chi connectivity index (χ3v) is 3.96. The van der Waals surface area contributed by atoms with E-state index in [1.54, 1.807) is 27.8 Å². The van der Waals surface area contributed by atoms with Crippen molar-refractivity contribution in [1.29, 1.82) is 0 Å². The Kier molecular flexibility index (Phi) is 13.2. The molecule has 0 atom stereocenters. The van der Waals surface area contributed by atoms with Crippen LogP contribution in [-0.4, -0.2) is 92.1 Å². The number of amides is 4. The monoisotopic (exact) mass is 474 g/mol. The van der Waals surface area contributed by atoms with Crippen molar-refractivity contribution < 1.29 is 33.4 Å². The first-order chi connectivity index (χ1) is 15.1. The SMILES string of the molecule is CN(CCN(C)C(=O)OC(C)(C)C)C(=O)OCC(=O)OCCCCCNC(=O)NC(C)(C)C. The first-order valence-electron chi connectivity index (χ1n) is 11.1. The number of rotatable bonds is 11. The van der Waals surface area contributed by atoms with Crippen LogP contribution in [0.15, 0.2) is 0 Å². The molecule has 0 rings (SSSR count). The number of carbonyl (C=O) groups is 4. The van der Waals surface area contributed by atoms with Gasteiger partial charge in [-0.2, -0.15) is 0 Å². The average Bonchev–Trinajstić information content (AvgIpc) is 2.66. The molecule has 11 heteroatoms. The van der Waals surface area contributed by atoms with Crippen LogP contribution in [0.1, 0.15) is 60.8 Å². The number of esters is 1.